The monoisotopic (exact) mass is 269 g/mol. The maximum atomic E-state index is 13.4. The van der Waals surface area contributed by atoms with Crippen LogP contribution in [-0.4, -0.2) is 28.9 Å². The zero-order valence-electron chi connectivity index (χ0n) is 9.72. The predicted octanol–water partition coefficient (Wildman–Crippen LogP) is -0.335. The van der Waals surface area contributed by atoms with Crippen molar-refractivity contribution in [2.75, 3.05) is 5.32 Å². The highest BCUT2D eigenvalue weighted by molar-refractivity contribution is 5.99. The van der Waals surface area contributed by atoms with Crippen molar-refractivity contribution in [2.24, 2.45) is 11.5 Å². The van der Waals surface area contributed by atoms with Gasteiger partial charge < -0.3 is 21.9 Å². The molecule has 0 aliphatic carbocycles. The molecule has 19 heavy (non-hydrogen) atoms. The van der Waals surface area contributed by atoms with Crippen LogP contribution >= 0.6 is 0 Å². The molecule has 1 aromatic rings. The van der Waals surface area contributed by atoms with E-state index in [2.05, 4.69) is 5.32 Å². The number of amides is 2. The molecule has 0 saturated carbocycles. The van der Waals surface area contributed by atoms with Crippen LogP contribution in [0.4, 0.5) is 10.1 Å². The summed E-state index contributed by atoms with van der Waals surface area (Å²) in [4.78, 5) is 32.8. The van der Waals surface area contributed by atoms with Crippen LogP contribution in [0.25, 0.3) is 0 Å². The van der Waals surface area contributed by atoms with E-state index in [1.54, 1.807) is 0 Å². The molecule has 0 heterocycles. The van der Waals surface area contributed by atoms with Crippen molar-refractivity contribution in [1.82, 2.24) is 0 Å². The Balaban J connectivity index is 2.86. The van der Waals surface area contributed by atoms with Crippen LogP contribution in [0.2, 0.25) is 0 Å². The van der Waals surface area contributed by atoms with E-state index in [4.69, 9.17) is 16.6 Å². The number of anilines is 1. The normalized spacial score (nSPS) is 11.7. The van der Waals surface area contributed by atoms with Crippen molar-refractivity contribution >= 4 is 23.5 Å². The highest BCUT2D eigenvalue weighted by Gasteiger charge is 2.18. The highest BCUT2D eigenvalue weighted by Crippen LogP contribution is 2.16. The molecule has 0 aliphatic heterocycles. The van der Waals surface area contributed by atoms with Crippen LogP contribution in [0.15, 0.2) is 18.2 Å². The Morgan fingerprint density at radius 1 is 1.37 bits per heavy atom. The van der Waals surface area contributed by atoms with Crippen molar-refractivity contribution in [3.63, 3.8) is 0 Å². The average Bonchev–Trinajstić information content (AvgIpc) is 2.30. The minimum atomic E-state index is -1.32. The van der Waals surface area contributed by atoms with Gasteiger partial charge in [0.05, 0.1) is 18.2 Å². The largest absolute Gasteiger partial charge is 0.481 e. The quantitative estimate of drug-likeness (QED) is 0.580. The smallest absolute Gasteiger partial charge is 0.305 e. The Labute approximate surface area is 107 Å². The lowest BCUT2D eigenvalue weighted by molar-refractivity contribution is -0.138. The fourth-order valence-electron chi connectivity index (χ4n) is 1.28. The molecule has 6 N–H and O–H groups in total. The SMILES string of the molecule is NC(=O)c1ccc(F)c(NC(=O)C(N)CC(=O)O)c1. The lowest BCUT2D eigenvalue weighted by atomic mass is 10.1. The lowest BCUT2D eigenvalue weighted by Gasteiger charge is -2.11. The Morgan fingerprint density at radius 3 is 2.53 bits per heavy atom. The Kier molecular flexibility index (Phi) is 4.54. The topological polar surface area (TPSA) is 136 Å². The maximum absolute atomic E-state index is 13.4. The summed E-state index contributed by atoms with van der Waals surface area (Å²) in [6.45, 7) is 0. The zero-order chi connectivity index (χ0) is 14.6. The summed E-state index contributed by atoms with van der Waals surface area (Å²) in [5.74, 6) is -3.71. The van der Waals surface area contributed by atoms with Gasteiger partial charge >= 0.3 is 5.97 Å². The van der Waals surface area contributed by atoms with Crippen molar-refractivity contribution in [3.8, 4) is 0 Å². The predicted molar refractivity (Wildman–Crippen MR) is 63.8 cm³/mol. The van der Waals surface area contributed by atoms with Gasteiger partial charge in [-0.3, -0.25) is 14.4 Å². The molecule has 8 heteroatoms. The molecule has 1 rings (SSSR count). The number of nitrogens with two attached hydrogens (primary N) is 2. The number of hydrogen-bond acceptors (Lipinski definition) is 4. The number of primary amides is 1. The standard InChI is InChI=1S/C11H12FN3O4/c12-6-2-1-5(10(14)18)3-8(6)15-11(19)7(13)4-9(16)17/h1-3,7H,4,13H2,(H2,14,18)(H,15,19)(H,16,17). The molecule has 0 fully saturated rings. The van der Waals surface area contributed by atoms with E-state index in [-0.39, 0.29) is 11.3 Å². The number of carbonyl (C=O) groups is 3. The number of carboxylic acid groups (broad SMARTS) is 1. The fourth-order valence-corrected chi connectivity index (χ4v) is 1.28. The maximum Gasteiger partial charge on any atom is 0.305 e. The van der Waals surface area contributed by atoms with Gasteiger partial charge in [-0.2, -0.15) is 0 Å². The Morgan fingerprint density at radius 2 is 2.00 bits per heavy atom. The summed E-state index contributed by atoms with van der Waals surface area (Å²) in [6, 6.07) is 1.83. The minimum absolute atomic E-state index is 0.00325. The number of nitrogens with one attached hydrogen (secondary N) is 1. The van der Waals surface area contributed by atoms with Crippen molar-refractivity contribution in [1.29, 1.82) is 0 Å². The van der Waals surface area contributed by atoms with Gasteiger partial charge in [0.1, 0.15) is 5.82 Å². The van der Waals surface area contributed by atoms with Gasteiger partial charge in [0.25, 0.3) is 0 Å². The highest BCUT2D eigenvalue weighted by atomic mass is 19.1. The van der Waals surface area contributed by atoms with E-state index in [1.807, 2.05) is 0 Å². The van der Waals surface area contributed by atoms with Crippen LogP contribution in [0.3, 0.4) is 0 Å². The van der Waals surface area contributed by atoms with E-state index < -0.39 is 36.1 Å². The van der Waals surface area contributed by atoms with E-state index in [0.717, 1.165) is 18.2 Å². The van der Waals surface area contributed by atoms with Crippen LogP contribution in [0.1, 0.15) is 16.8 Å². The molecule has 0 aliphatic rings. The number of carbonyl (C=O) groups excluding carboxylic acids is 2. The molecule has 1 unspecified atom stereocenters. The second-order valence-electron chi connectivity index (χ2n) is 3.75. The van der Waals surface area contributed by atoms with Crippen LogP contribution in [-0.2, 0) is 9.59 Å². The van der Waals surface area contributed by atoms with Crippen molar-refractivity contribution in [3.05, 3.63) is 29.6 Å². The summed E-state index contributed by atoms with van der Waals surface area (Å²) in [5.41, 5.74) is 10.0. The molecule has 0 bridgehead atoms. The molecule has 1 atom stereocenters. The van der Waals surface area contributed by atoms with Gasteiger partial charge in [0.15, 0.2) is 0 Å². The third-order valence-corrected chi connectivity index (χ3v) is 2.24. The molecule has 0 radical (unpaired) electrons. The minimum Gasteiger partial charge on any atom is -0.481 e. The van der Waals surface area contributed by atoms with Crippen LogP contribution in [0.5, 0.6) is 0 Å². The van der Waals surface area contributed by atoms with E-state index in [1.165, 1.54) is 0 Å². The number of carboxylic acids is 1. The summed E-state index contributed by atoms with van der Waals surface area (Å²) in [6.07, 6.45) is -0.594. The first-order chi connectivity index (χ1) is 8.81. The molecule has 102 valence electrons. The Bertz CT molecular complexity index is 533. The lowest BCUT2D eigenvalue weighted by Crippen LogP contribution is -2.37. The molecular formula is C11H12FN3O4. The number of halogens is 1. The molecule has 0 saturated heterocycles. The summed E-state index contributed by atoms with van der Waals surface area (Å²) >= 11 is 0. The number of aliphatic carboxylic acids is 1. The number of rotatable bonds is 5. The van der Waals surface area contributed by atoms with Gasteiger partial charge in [-0.25, -0.2) is 4.39 Å². The molecule has 0 aromatic heterocycles. The van der Waals surface area contributed by atoms with E-state index in [0.29, 0.717) is 0 Å². The summed E-state index contributed by atoms with van der Waals surface area (Å²) in [7, 11) is 0. The summed E-state index contributed by atoms with van der Waals surface area (Å²) < 4.78 is 13.4. The van der Waals surface area contributed by atoms with E-state index >= 15 is 0 Å². The first kappa shape index (κ1) is 14.6. The van der Waals surface area contributed by atoms with Gasteiger partial charge in [0, 0.05) is 5.56 Å². The molecular weight excluding hydrogens is 257 g/mol. The molecule has 0 spiro atoms. The fraction of sp³-hybridized carbons (Fsp3) is 0.182. The zero-order valence-corrected chi connectivity index (χ0v) is 9.72. The number of benzene rings is 1. The molecule has 1 aromatic carbocycles. The number of hydrogen-bond donors (Lipinski definition) is 4. The van der Waals surface area contributed by atoms with E-state index in [9.17, 15) is 18.8 Å². The second-order valence-corrected chi connectivity index (χ2v) is 3.75. The van der Waals surface area contributed by atoms with Gasteiger partial charge in [-0.1, -0.05) is 0 Å². The van der Waals surface area contributed by atoms with Crippen molar-refractivity contribution < 1.29 is 23.9 Å². The van der Waals surface area contributed by atoms with Gasteiger partial charge in [-0.05, 0) is 18.2 Å². The van der Waals surface area contributed by atoms with Crippen molar-refractivity contribution in [2.45, 2.75) is 12.5 Å². The molecule has 7 nitrogen and oxygen atoms in total. The average molecular weight is 269 g/mol. The van der Waals surface area contributed by atoms with Gasteiger partial charge in [-0.15, -0.1) is 0 Å². The second kappa shape index (κ2) is 5.91. The first-order valence-corrected chi connectivity index (χ1v) is 5.19. The summed E-state index contributed by atoms with van der Waals surface area (Å²) in [5, 5.41) is 10.6. The van der Waals surface area contributed by atoms with Gasteiger partial charge in [0.2, 0.25) is 11.8 Å². The van der Waals surface area contributed by atoms with Crippen LogP contribution in [0, 0.1) is 5.82 Å². The third kappa shape index (κ3) is 4.03. The third-order valence-electron chi connectivity index (χ3n) is 2.24. The first-order valence-electron chi connectivity index (χ1n) is 5.19. The van der Waals surface area contributed by atoms with Crippen LogP contribution < -0.4 is 16.8 Å². The molecule has 2 amide bonds. The Hall–Kier alpha value is -2.48.